The van der Waals surface area contributed by atoms with Crippen LogP contribution in [0.15, 0.2) is 66.7 Å². The maximum absolute atomic E-state index is 14.2. The predicted molar refractivity (Wildman–Crippen MR) is 148 cm³/mol. The Bertz CT molecular complexity index is 1860. The standard InChI is InChI=1S/C14H6ClFN2O5.C14H7ClFNO3/c15-8-5-9(16)10(11(12(8)19)18(22)23)17-13(20)6-3-1-2-4-7(6)14(17)21;15-9-5-10(16)11(6-12(9)18)17-13(19)7-3-1-2-4-8(7)14(17)20/h1-5,19H;1-6,18H. The van der Waals surface area contributed by atoms with Gasteiger partial charge in [-0.1, -0.05) is 47.5 Å². The minimum Gasteiger partial charge on any atom is -0.506 e. The summed E-state index contributed by atoms with van der Waals surface area (Å²) in [6, 6.07) is 14.3. The molecule has 0 bridgehead atoms. The van der Waals surface area contributed by atoms with E-state index in [-0.39, 0.29) is 33.0 Å². The second-order valence-electron chi connectivity index (χ2n) is 8.88. The van der Waals surface area contributed by atoms with Crippen molar-refractivity contribution in [1.82, 2.24) is 0 Å². The van der Waals surface area contributed by atoms with Gasteiger partial charge in [0.05, 0.1) is 42.9 Å². The molecule has 11 nitrogen and oxygen atoms in total. The average molecular weight is 628 g/mol. The molecule has 0 aromatic heterocycles. The first-order valence-corrected chi connectivity index (χ1v) is 12.6. The molecule has 43 heavy (non-hydrogen) atoms. The summed E-state index contributed by atoms with van der Waals surface area (Å²) in [7, 11) is 0. The van der Waals surface area contributed by atoms with Gasteiger partial charge in [-0.15, -0.1) is 0 Å². The van der Waals surface area contributed by atoms with Crippen LogP contribution < -0.4 is 9.80 Å². The Kier molecular flexibility index (Phi) is 7.30. The SMILES string of the molecule is O=C1c2ccccc2C(=O)N1c1c(F)cc(Cl)c(O)c1[N+](=O)[O-].O=C1c2ccccc2C(=O)N1c1cc(O)c(Cl)cc1F. The van der Waals surface area contributed by atoms with Crippen molar-refractivity contribution in [2.24, 2.45) is 0 Å². The van der Waals surface area contributed by atoms with E-state index in [9.17, 15) is 48.3 Å². The molecule has 0 saturated carbocycles. The van der Waals surface area contributed by atoms with E-state index >= 15 is 0 Å². The first-order chi connectivity index (χ1) is 20.3. The van der Waals surface area contributed by atoms with Crippen molar-refractivity contribution < 1.29 is 43.1 Å². The van der Waals surface area contributed by atoms with Crippen LogP contribution in [0.1, 0.15) is 41.4 Å². The van der Waals surface area contributed by atoms with Gasteiger partial charge >= 0.3 is 5.69 Å². The molecule has 0 radical (unpaired) electrons. The summed E-state index contributed by atoms with van der Waals surface area (Å²) in [4.78, 5) is 60.1. The molecular weight excluding hydrogens is 615 g/mol. The van der Waals surface area contributed by atoms with Crippen LogP contribution in [-0.2, 0) is 0 Å². The van der Waals surface area contributed by atoms with Crippen LogP contribution in [-0.4, -0.2) is 38.8 Å². The van der Waals surface area contributed by atoms with Crippen LogP contribution in [0, 0.1) is 21.7 Å². The number of imide groups is 2. The molecule has 216 valence electrons. The van der Waals surface area contributed by atoms with E-state index in [0.717, 1.165) is 12.1 Å². The van der Waals surface area contributed by atoms with Gasteiger partial charge in [-0.3, -0.25) is 29.3 Å². The van der Waals surface area contributed by atoms with Crippen LogP contribution >= 0.6 is 23.2 Å². The zero-order valence-corrected chi connectivity index (χ0v) is 22.6. The lowest BCUT2D eigenvalue weighted by atomic mass is 10.1. The summed E-state index contributed by atoms with van der Waals surface area (Å²) in [5.74, 6) is -6.67. The van der Waals surface area contributed by atoms with Gasteiger partial charge in [0.25, 0.3) is 23.6 Å². The number of hydrogen-bond donors (Lipinski definition) is 2. The Morgan fingerprint density at radius 2 is 1.09 bits per heavy atom. The van der Waals surface area contributed by atoms with Crippen molar-refractivity contribution in [2.75, 3.05) is 9.80 Å². The lowest BCUT2D eigenvalue weighted by Crippen LogP contribution is -2.31. The molecule has 0 fully saturated rings. The number of amides is 4. The number of halogens is 4. The second-order valence-corrected chi connectivity index (χ2v) is 9.70. The molecule has 2 aliphatic heterocycles. The quantitative estimate of drug-likeness (QED) is 0.162. The van der Waals surface area contributed by atoms with Crippen molar-refractivity contribution in [3.63, 3.8) is 0 Å². The van der Waals surface area contributed by atoms with Crippen molar-refractivity contribution >= 4 is 63.9 Å². The number of rotatable bonds is 3. The van der Waals surface area contributed by atoms with Gasteiger partial charge in [0.1, 0.15) is 11.6 Å². The molecule has 6 rings (SSSR count). The highest BCUT2D eigenvalue weighted by atomic mass is 35.5. The number of aromatic hydroxyl groups is 2. The fourth-order valence-electron chi connectivity index (χ4n) is 4.47. The van der Waals surface area contributed by atoms with Gasteiger partial charge in [0.15, 0.2) is 11.5 Å². The Balaban J connectivity index is 0.000000173. The molecule has 15 heteroatoms. The van der Waals surface area contributed by atoms with Gasteiger partial charge in [-0.25, -0.2) is 18.6 Å². The fraction of sp³-hybridized carbons (Fsp3) is 0. The summed E-state index contributed by atoms with van der Waals surface area (Å²) >= 11 is 11.1. The Labute approximate surface area is 248 Å². The smallest absolute Gasteiger partial charge is 0.339 e. The molecule has 2 heterocycles. The Morgan fingerprint density at radius 3 is 1.53 bits per heavy atom. The number of benzene rings is 4. The minimum atomic E-state index is -1.27. The van der Waals surface area contributed by atoms with Gasteiger partial charge in [-0.05, 0) is 36.4 Å². The summed E-state index contributed by atoms with van der Waals surface area (Å²) in [5, 5.41) is 29.6. The Morgan fingerprint density at radius 1 is 0.674 bits per heavy atom. The van der Waals surface area contributed by atoms with E-state index in [1.54, 1.807) is 12.1 Å². The molecule has 4 aromatic carbocycles. The lowest BCUT2D eigenvalue weighted by molar-refractivity contribution is -0.385. The zero-order valence-electron chi connectivity index (χ0n) is 21.0. The molecule has 0 unspecified atom stereocenters. The fourth-order valence-corrected chi connectivity index (χ4v) is 4.81. The average Bonchev–Trinajstić information content (AvgIpc) is 3.37. The van der Waals surface area contributed by atoms with Gasteiger partial charge < -0.3 is 10.2 Å². The van der Waals surface area contributed by atoms with Crippen molar-refractivity contribution in [3.05, 3.63) is 121 Å². The third-order valence-electron chi connectivity index (χ3n) is 6.41. The van der Waals surface area contributed by atoms with E-state index in [0.29, 0.717) is 15.9 Å². The molecule has 2 N–H and O–H groups in total. The number of phenolic OH excluding ortho intramolecular Hbond substituents is 2. The number of hydrogen-bond acceptors (Lipinski definition) is 8. The third kappa shape index (κ3) is 4.70. The predicted octanol–water partition coefficient (Wildman–Crippen LogP) is 5.88. The molecule has 2 aliphatic rings. The van der Waals surface area contributed by atoms with Crippen molar-refractivity contribution in [2.45, 2.75) is 0 Å². The summed E-state index contributed by atoms with van der Waals surface area (Å²) in [6.07, 6.45) is 0. The summed E-state index contributed by atoms with van der Waals surface area (Å²) < 4.78 is 28.1. The molecule has 0 saturated heterocycles. The van der Waals surface area contributed by atoms with Crippen LogP contribution in [0.5, 0.6) is 11.5 Å². The van der Waals surface area contributed by atoms with E-state index in [4.69, 9.17) is 23.2 Å². The lowest BCUT2D eigenvalue weighted by Gasteiger charge is -2.15. The van der Waals surface area contributed by atoms with E-state index < -0.39 is 68.1 Å². The van der Waals surface area contributed by atoms with E-state index in [2.05, 4.69) is 0 Å². The van der Waals surface area contributed by atoms with E-state index in [1.165, 1.54) is 36.4 Å². The maximum Gasteiger partial charge on any atom is 0.339 e. The molecule has 0 aliphatic carbocycles. The molecule has 0 spiro atoms. The van der Waals surface area contributed by atoms with Crippen LogP contribution in [0.2, 0.25) is 10.0 Å². The van der Waals surface area contributed by atoms with Crippen LogP contribution in [0.25, 0.3) is 0 Å². The second kappa shape index (κ2) is 10.8. The molecule has 4 amide bonds. The monoisotopic (exact) mass is 627 g/mol. The molecule has 4 aromatic rings. The third-order valence-corrected chi connectivity index (χ3v) is 7.00. The number of nitrogens with zero attached hydrogens (tertiary/aromatic N) is 3. The first kappa shape index (κ1) is 29.1. The van der Waals surface area contributed by atoms with E-state index in [1.807, 2.05) is 0 Å². The number of anilines is 2. The zero-order chi connectivity index (χ0) is 31.3. The number of nitro benzene ring substituents is 1. The summed E-state index contributed by atoms with van der Waals surface area (Å²) in [6.45, 7) is 0. The number of fused-ring (bicyclic) bond motifs is 2. The van der Waals surface area contributed by atoms with Gasteiger partial charge in [-0.2, -0.15) is 0 Å². The van der Waals surface area contributed by atoms with Gasteiger partial charge in [0.2, 0.25) is 5.75 Å². The number of carbonyl (C=O) groups is 4. The number of nitro groups is 1. The Hall–Kier alpha value is -5.40. The highest BCUT2D eigenvalue weighted by Gasteiger charge is 2.43. The van der Waals surface area contributed by atoms with Gasteiger partial charge in [0, 0.05) is 6.07 Å². The van der Waals surface area contributed by atoms with Crippen molar-refractivity contribution in [3.8, 4) is 11.5 Å². The van der Waals surface area contributed by atoms with Crippen LogP contribution in [0.3, 0.4) is 0 Å². The summed E-state index contributed by atoms with van der Waals surface area (Å²) in [5.41, 5.74) is -2.04. The minimum absolute atomic E-state index is 0.0133. The maximum atomic E-state index is 14.2. The largest absolute Gasteiger partial charge is 0.506 e. The normalized spacial score (nSPS) is 13.6. The molecule has 0 atom stereocenters. The van der Waals surface area contributed by atoms with Crippen molar-refractivity contribution in [1.29, 1.82) is 0 Å². The van der Waals surface area contributed by atoms with Crippen LogP contribution in [0.4, 0.5) is 25.8 Å². The number of carbonyl (C=O) groups excluding carboxylic acids is 4. The molecular formula is C28H13Cl2F2N3O8. The number of phenols is 2. The topological polar surface area (TPSA) is 158 Å². The highest BCUT2D eigenvalue weighted by molar-refractivity contribution is 6.37. The first-order valence-electron chi connectivity index (χ1n) is 11.8. The highest BCUT2D eigenvalue weighted by Crippen LogP contribution is 2.45.